The normalized spacial score (nSPS) is 20.8. The first-order valence-corrected chi connectivity index (χ1v) is 14.6. The number of ether oxygens (including phenoxy) is 2. The second kappa shape index (κ2) is 10.6. The minimum atomic E-state index is -0.517. The molecule has 2 bridgehead atoms. The van der Waals surface area contributed by atoms with E-state index in [-0.39, 0.29) is 16.7 Å². The average molecular weight is 625 g/mol. The van der Waals surface area contributed by atoms with Crippen molar-refractivity contribution >= 4 is 38.9 Å². The maximum absolute atomic E-state index is 13.0. The van der Waals surface area contributed by atoms with Crippen LogP contribution in [0.3, 0.4) is 0 Å². The lowest BCUT2D eigenvalue weighted by Crippen LogP contribution is -2.44. The van der Waals surface area contributed by atoms with E-state index in [1.807, 2.05) is 12.1 Å². The van der Waals surface area contributed by atoms with Gasteiger partial charge in [-0.2, -0.15) is 5.10 Å². The molecule has 2 aliphatic heterocycles. The van der Waals surface area contributed by atoms with Crippen molar-refractivity contribution < 1.29 is 14.3 Å². The summed E-state index contributed by atoms with van der Waals surface area (Å²) in [5.74, 6) is 1.15. The fourth-order valence-electron chi connectivity index (χ4n) is 6.62. The maximum Gasteiger partial charge on any atom is 0.339 e. The van der Waals surface area contributed by atoms with Crippen molar-refractivity contribution in [2.45, 2.75) is 31.2 Å². The summed E-state index contributed by atoms with van der Waals surface area (Å²) in [7, 11) is 4.70. The van der Waals surface area contributed by atoms with E-state index in [4.69, 9.17) is 15.2 Å². The van der Waals surface area contributed by atoms with Gasteiger partial charge in [-0.25, -0.2) is 14.5 Å². The molecule has 1 aliphatic carbocycles. The zero-order valence-corrected chi connectivity index (χ0v) is 25.1. The van der Waals surface area contributed by atoms with Crippen LogP contribution in [-0.2, 0) is 24.4 Å². The van der Waals surface area contributed by atoms with Gasteiger partial charge in [0.25, 0.3) is 5.56 Å². The molecule has 2 saturated heterocycles. The number of imidazole rings is 1. The van der Waals surface area contributed by atoms with E-state index in [0.29, 0.717) is 42.0 Å². The lowest BCUT2D eigenvalue weighted by Gasteiger charge is -2.40. The van der Waals surface area contributed by atoms with Gasteiger partial charge in [-0.05, 0) is 55.9 Å². The van der Waals surface area contributed by atoms with Gasteiger partial charge in [0.1, 0.15) is 6.61 Å². The first kappa shape index (κ1) is 27.5. The monoisotopic (exact) mass is 623 g/mol. The highest BCUT2D eigenvalue weighted by atomic mass is 79.9. The van der Waals surface area contributed by atoms with Crippen LogP contribution in [-0.4, -0.2) is 68.1 Å². The van der Waals surface area contributed by atoms with Crippen LogP contribution in [0.5, 0.6) is 5.88 Å². The van der Waals surface area contributed by atoms with Crippen molar-refractivity contribution in [3.05, 3.63) is 57.0 Å². The number of nitrogens with two attached hydrogens (primary N) is 1. The molecule has 0 spiro atoms. The Morgan fingerprint density at radius 2 is 1.98 bits per heavy atom. The molecule has 0 atom stereocenters. The number of nitrogens with zero attached hydrogens (tertiary/aromatic N) is 6. The number of pyridine rings is 1. The Morgan fingerprint density at radius 1 is 1.20 bits per heavy atom. The van der Waals surface area contributed by atoms with Gasteiger partial charge in [0.05, 0.1) is 46.6 Å². The van der Waals surface area contributed by atoms with Gasteiger partial charge < -0.3 is 24.3 Å². The lowest BCUT2D eigenvalue weighted by molar-refractivity contribution is 0.0599. The SMILES string of the molecule is COC(=O)c1cc(-c2cnn(C)c2OCCN2CC3CCC(n4c(N)nc5ccc(Br)cc54)(CC3)C2)c(=O)n(C)c1. The molecule has 216 valence electrons. The summed E-state index contributed by atoms with van der Waals surface area (Å²) >= 11 is 3.62. The number of aromatic nitrogens is 5. The maximum atomic E-state index is 13.0. The minimum absolute atomic E-state index is 0.134. The number of benzene rings is 1. The predicted octanol–water partition coefficient (Wildman–Crippen LogP) is 3.55. The summed E-state index contributed by atoms with van der Waals surface area (Å²) in [6.45, 7) is 2.98. The molecule has 7 rings (SSSR count). The highest BCUT2D eigenvalue weighted by Gasteiger charge is 2.44. The molecular weight excluding hydrogens is 590 g/mol. The molecule has 12 heteroatoms. The number of hydrogen-bond donors (Lipinski definition) is 1. The number of halogens is 1. The fraction of sp³-hybridized carbons (Fsp3) is 0.448. The zero-order valence-electron chi connectivity index (χ0n) is 23.5. The first-order chi connectivity index (χ1) is 19.7. The summed E-state index contributed by atoms with van der Waals surface area (Å²) in [4.78, 5) is 32.4. The second-order valence-electron chi connectivity index (χ2n) is 11.2. The average Bonchev–Trinajstić information content (AvgIpc) is 3.35. The number of carbonyl (C=O) groups is 1. The third kappa shape index (κ3) is 4.93. The number of anilines is 1. The molecule has 1 aromatic carbocycles. The number of aryl methyl sites for hydroxylation is 2. The van der Waals surface area contributed by atoms with Crippen LogP contribution in [0.4, 0.5) is 5.95 Å². The Kier molecular flexibility index (Phi) is 7.14. The topological polar surface area (TPSA) is 122 Å². The third-order valence-corrected chi connectivity index (χ3v) is 9.11. The van der Waals surface area contributed by atoms with Crippen LogP contribution in [0.2, 0.25) is 0 Å². The van der Waals surface area contributed by atoms with Crippen LogP contribution in [0.25, 0.3) is 22.2 Å². The number of esters is 1. The molecule has 3 fully saturated rings. The predicted molar refractivity (Wildman–Crippen MR) is 159 cm³/mol. The first-order valence-electron chi connectivity index (χ1n) is 13.8. The van der Waals surface area contributed by atoms with E-state index < -0.39 is 5.97 Å². The van der Waals surface area contributed by atoms with Crippen LogP contribution >= 0.6 is 15.9 Å². The van der Waals surface area contributed by atoms with Gasteiger partial charge in [-0.3, -0.25) is 9.69 Å². The Bertz CT molecular complexity index is 1680. The minimum Gasteiger partial charge on any atom is -0.476 e. The van der Waals surface area contributed by atoms with Crippen LogP contribution in [0, 0.1) is 5.92 Å². The lowest BCUT2D eigenvalue weighted by atomic mass is 9.78. The van der Waals surface area contributed by atoms with Gasteiger partial charge in [0.15, 0.2) is 0 Å². The molecule has 2 N–H and O–H groups in total. The fourth-order valence-corrected chi connectivity index (χ4v) is 6.97. The molecular formula is C29H34BrN7O4. The van der Waals surface area contributed by atoms with Crippen molar-refractivity contribution in [2.24, 2.45) is 20.0 Å². The molecule has 3 aromatic heterocycles. The molecule has 1 saturated carbocycles. The highest BCUT2D eigenvalue weighted by Crippen LogP contribution is 2.45. The Balaban J connectivity index is 1.24. The van der Waals surface area contributed by atoms with Gasteiger partial charge in [0, 0.05) is 44.4 Å². The van der Waals surface area contributed by atoms with Crippen LogP contribution < -0.4 is 16.0 Å². The van der Waals surface area contributed by atoms with Crippen molar-refractivity contribution in [1.82, 2.24) is 28.8 Å². The van der Waals surface area contributed by atoms with Gasteiger partial charge in [-0.1, -0.05) is 15.9 Å². The number of carbonyl (C=O) groups excluding carboxylic acids is 1. The smallest absolute Gasteiger partial charge is 0.339 e. The van der Waals surface area contributed by atoms with Crippen molar-refractivity contribution in [1.29, 1.82) is 0 Å². The van der Waals surface area contributed by atoms with Crippen LogP contribution in [0.15, 0.2) is 45.9 Å². The summed E-state index contributed by atoms with van der Waals surface area (Å²) in [6.07, 6.45) is 7.48. The van der Waals surface area contributed by atoms with E-state index in [1.165, 1.54) is 23.9 Å². The number of hydrogen-bond acceptors (Lipinski definition) is 8. The Hall–Kier alpha value is -3.64. The molecule has 0 radical (unpaired) electrons. The van der Waals surface area contributed by atoms with Gasteiger partial charge in [0.2, 0.25) is 11.8 Å². The molecule has 41 heavy (non-hydrogen) atoms. The van der Waals surface area contributed by atoms with Crippen molar-refractivity contribution in [3.8, 4) is 17.0 Å². The quantitative estimate of drug-likeness (QED) is 0.310. The van der Waals surface area contributed by atoms with Gasteiger partial charge in [-0.15, -0.1) is 0 Å². The van der Waals surface area contributed by atoms with E-state index >= 15 is 0 Å². The van der Waals surface area contributed by atoms with Crippen molar-refractivity contribution in [3.63, 3.8) is 0 Å². The molecule has 11 nitrogen and oxygen atoms in total. The van der Waals surface area contributed by atoms with E-state index in [9.17, 15) is 9.59 Å². The van der Waals surface area contributed by atoms with Crippen molar-refractivity contribution in [2.75, 3.05) is 39.1 Å². The summed E-state index contributed by atoms with van der Waals surface area (Å²) in [5, 5.41) is 4.35. The molecule has 4 aromatic rings. The van der Waals surface area contributed by atoms with Gasteiger partial charge >= 0.3 is 5.97 Å². The Morgan fingerprint density at radius 3 is 2.73 bits per heavy atom. The summed E-state index contributed by atoms with van der Waals surface area (Å²) < 4.78 is 17.4. The van der Waals surface area contributed by atoms with E-state index in [1.54, 1.807) is 25.0 Å². The number of methoxy groups -OCH3 is 1. The Labute approximate surface area is 246 Å². The zero-order chi connectivity index (χ0) is 28.9. The summed E-state index contributed by atoms with van der Waals surface area (Å²) in [6, 6.07) is 7.66. The summed E-state index contributed by atoms with van der Waals surface area (Å²) in [5.41, 5.74) is 9.28. The molecule has 0 amide bonds. The number of fused-ring (bicyclic) bond motifs is 5. The van der Waals surface area contributed by atoms with E-state index in [0.717, 1.165) is 54.3 Å². The number of nitrogen functional groups attached to an aromatic ring is 1. The standard InChI is InChI=1S/C29H34BrN7O4/c1-34-16-19(27(39)40-3)12-21(25(34)38)22-14-32-35(2)26(22)41-11-10-36-15-18-6-8-29(17-36,9-7-18)37-24-13-20(30)4-5-23(24)33-28(37)31/h4-5,12-14,16,18H,6-11,15,17H2,1-3H3,(H2,31,33). The molecule has 0 unspecified atom stereocenters. The molecule has 5 heterocycles. The second-order valence-corrected chi connectivity index (χ2v) is 12.1. The van der Waals surface area contributed by atoms with E-state index in [2.05, 4.69) is 41.5 Å². The molecule has 3 aliphatic rings. The van der Waals surface area contributed by atoms with Crippen LogP contribution in [0.1, 0.15) is 36.0 Å². The number of rotatable bonds is 7. The third-order valence-electron chi connectivity index (χ3n) is 8.61. The largest absolute Gasteiger partial charge is 0.476 e. The highest BCUT2D eigenvalue weighted by molar-refractivity contribution is 9.10.